The standard InChI is InChI=1S/C21H19N3O6S/c25-18(26)10-9-15(20(28)29)17-12-31-21(23-17)24-19(27)16-8-4-5-13(22-16)11-30-14-6-2-1-3-7-14/h1-8,12,15H,9-11H2,(H,25,26)(H,28,29)(H,23,24,27). The first kappa shape index (κ1) is 21.9. The molecule has 10 heteroatoms. The van der Waals surface area contributed by atoms with Crippen LogP contribution in [0.5, 0.6) is 5.75 Å². The Hall–Kier alpha value is -3.79. The van der Waals surface area contributed by atoms with Gasteiger partial charge in [-0.15, -0.1) is 11.3 Å². The summed E-state index contributed by atoms with van der Waals surface area (Å²) in [5.41, 5.74) is 0.925. The fourth-order valence-corrected chi connectivity index (χ4v) is 3.45. The maximum absolute atomic E-state index is 12.5. The van der Waals surface area contributed by atoms with Gasteiger partial charge >= 0.3 is 11.9 Å². The number of aromatic nitrogens is 2. The van der Waals surface area contributed by atoms with E-state index in [9.17, 15) is 19.5 Å². The Balaban J connectivity index is 1.64. The van der Waals surface area contributed by atoms with E-state index >= 15 is 0 Å². The van der Waals surface area contributed by atoms with Gasteiger partial charge in [0.15, 0.2) is 5.13 Å². The summed E-state index contributed by atoms with van der Waals surface area (Å²) in [5, 5.41) is 22.4. The number of carbonyl (C=O) groups is 3. The molecule has 0 radical (unpaired) electrons. The van der Waals surface area contributed by atoms with Crippen LogP contribution in [-0.2, 0) is 16.2 Å². The molecule has 2 heterocycles. The molecule has 3 N–H and O–H groups in total. The molecule has 0 aliphatic rings. The minimum absolute atomic E-state index is 0.0905. The Morgan fingerprint density at radius 2 is 1.81 bits per heavy atom. The van der Waals surface area contributed by atoms with Gasteiger partial charge in [0.2, 0.25) is 0 Å². The highest BCUT2D eigenvalue weighted by Gasteiger charge is 2.24. The number of hydrogen-bond acceptors (Lipinski definition) is 7. The zero-order valence-electron chi connectivity index (χ0n) is 16.2. The Labute approximate surface area is 181 Å². The van der Waals surface area contributed by atoms with Gasteiger partial charge in [-0.3, -0.25) is 19.7 Å². The number of para-hydroxylation sites is 1. The number of anilines is 1. The quantitative estimate of drug-likeness (QED) is 0.435. The van der Waals surface area contributed by atoms with Gasteiger partial charge < -0.3 is 14.9 Å². The minimum atomic E-state index is -1.17. The SMILES string of the molecule is O=C(O)CCC(C(=O)O)c1csc(NC(=O)c2cccc(COc3ccccc3)n2)n1. The van der Waals surface area contributed by atoms with Crippen molar-refractivity contribution in [3.05, 3.63) is 71.0 Å². The number of amides is 1. The van der Waals surface area contributed by atoms with Gasteiger partial charge in [0, 0.05) is 11.8 Å². The van der Waals surface area contributed by atoms with Crippen molar-refractivity contribution < 1.29 is 29.3 Å². The third kappa shape index (κ3) is 6.34. The fraction of sp³-hybridized carbons (Fsp3) is 0.190. The van der Waals surface area contributed by atoms with Crippen molar-refractivity contribution in [1.29, 1.82) is 0 Å². The van der Waals surface area contributed by atoms with Gasteiger partial charge in [0.1, 0.15) is 24.0 Å². The largest absolute Gasteiger partial charge is 0.487 e. The van der Waals surface area contributed by atoms with Crippen LogP contribution in [0.25, 0.3) is 0 Å². The average Bonchev–Trinajstić information content (AvgIpc) is 3.21. The molecule has 1 atom stereocenters. The molecule has 0 saturated heterocycles. The predicted molar refractivity (Wildman–Crippen MR) is 112 cm³/mol. The molecule has 3 aromatic rings. The molecule has 0 spiro atoms. The van der Waals surface area contributed by atoms with Crippen molar-refractivity contribution in [2.75, 3.05) is 5.32 Å². The molecule has 160 valence electrons. The summed E-state index contributed by atoms with van der Waals surface area (Å²) in [6.45, 7) is 0.191. The van der Waals surface area contributed by atoms with E-state index in [2.05, 4.69) is 15.3 Å². The third-order valence-corrected chi connectivity index (χ3v) is 4.99. The fourth-order valence-electron chi connectivity index (χ4n) is 2.69. The lowest BCUT2D eigenvalue weighted by Crippen LogP contribution is -2.16. The first-order valence-electron chi connectivity index (χ1n) is 9.27. The van der Waals surface area contributed by atoms with Gasteiger partial charge in [0.05, 0.1) is 11.4 Å². The molecule has 2 aromatic heterocycles. The maximum atomic E-state index is 12.5. The van der Waals surface area contributed by atoms with Crippen LogP contribution in [0.4, 0.5) is 5.13 Å². The Morgan fingerprint density at radius 1 is 1.03 bits per heavy atom. The van der Waals surface area contributed by atoms with E-state index < -0.39 is 23.8 Å². The van der Waals surface area contributed by atoms with Crippen LogP contribution in [0.3, 0.4) is 0 Å². The summed E-state index contributed by atoms with van der Waals surface area (Å²) >= 11 is 1.06. The third-order valence-electron chi connectivity index (χ3n) is 4.21. The molecule has 31 heavy (non-hydrogen) atoms. The van der Waals surface area contributed by atoms with Crippen LogP contribution in [0.1, 0.15) is 40.6 Å². The molecule has 1 amide bonds. The van der Waals surface area contributed by atoms with Gasteiger partial charge in [-0.1, -0.05) is 24.3 Å². The van der Waals surface area contributed by atoms with Gasteiger partial charge in [-0.05, 0) is 30.7 Å². The summed E-state index contributed by atoms with van der Waals surface area (Å²) in [4.78, 5) is 43.1. The Morgan fingerprint density at radius 3 is 2.52 bits per heavy atom. The minimum Gasteiger partial charge on any atom is -0.487 e. The van der Waals surface area contributed by atoms with Crippen molar-refractivity contribution >= 4 is 34.3 Å². The average molecular weight is 441 g/mol. The maximum Gasteiger partial charge on any atom is 0.312 e. The number of carboxylic acid groups (broad SMARTS) is 2. The molecule has 0 bridgehead atoms. The van der Waals surface area contributed by atoms with Gasteiger partial charge in [-0.2, -0.15) is 0 Å². The number of ether oxygens (including phenoxy) is 1. The lowest BCUT2D eigenvalue weighted by Gasteiger charge is -2.08. The molecule has 0 aliphatic carbocycles. The molecule has 0 saturated carbocycles. The van der Waals surface area contributed by atoms with Crippen LogP contribution < -0.4 is 10.1 Å². The number of nitrogens with one attached hydrogen (secondary N) is 1. The van der Waals surface area contributed by atoms with Crippen LogP contribution in [0.15, 0.2) is 53.9 Å². The monoisotopic (exact) mass is 441 g/mol. The lowest BCUT2D eigenvalue weighted by molar-refractivity contribution is -0.140. The second-order valence-electron chi connectivity index (χ2n) is 6.47. The molecule has 1 unspecified atom stereocenters. The molecule has 3 rings (SSSR count). The van der Waals surface area contributed by atoms with Gasteiger partial charge in [-0.25, -0.2) is 9.97 Å². The number of benzene rings is 1. The number of carboxylic acids is 2. The summed E-state index contributed by atoms with van der Waals surface area (Å²) < 4.78 is 5.64. The van der Waals surface area contributed by atoms with E-state index in [1.54, 1.807) is 18.2 Å². The van der Waals surface area contributed by atoms with Crippen LogP contribution in [0.2, 0.25) is 0 Å². The number of hydrogen-bond donors (Lipinski definition) is 3. The van der Waals surface area contributed by atoms with Crippen molar-refractivity contribution in [2.45, 2.75) is 25.4 Å². The van der Waals surface area contributed by atoms with E-state index in [1.807, 2.05) is 30.3 Å². The molecule has 9 nitrogen and oxygen atoms in total. The van der Waals surface area contributed by atoms with Crippen LogP contribution in [-0.4, -0.2) is 38.0 Å². The number of carbonyl (C=O) groups excluding carboxylic acids is 1. The highest BCUT2D eigenvalue weighted by molar-refractivity contribution is 7.14. The second kappa shape index (κ2) is 10.3. The number of pyridine rings is 1. The number of rotatable bonds is 10. The van der Waals surface area contributed by atoms with Crippen LogP contribution in [0, 0.1) is 0 Å². The molecule has 1 aromatic carbocycles. The zero-order valence-corrected chi connectivity index (χ0v) is 17.0. The topological polar surface area (TPSA) is 139 Å². The lowest BCUT2D eigenvalue weighted by atomic mass is 10.0. The highest BCUT2D eigenvalue weighted by atomic mass is 32.1. The van der Waals surface area contributed by atoms with E-state index in [1.165, 1.54) is 5.38 Å². The van der Waals surface area contributed by atoms with E-state index in [0.717, 1.165) is 11.3 Å². The second-order valence-corrected chi connectivity index (χ2v) is 7.33. The molecular formula is C21H19N3O6S. The predicted octanol–water partition coefficient (Wildman–Crippen LogP) is 3.40. The van der Waals surface area contributed by atoms with E-state index in [4.69, 9.17) is 9.84 Å². The molecular weight excluding hydrogens is 422 g/mol. The summed E-state index contributed by atoms with van der Waals surface area (Å²) in [6.07, 6.45) is -0.384. The molecule has 0 fully saturated rings. The van der Waals surface area contributed by atoms with Crippen molar-refractivity contribution in [3.63, 3.8) is 0 Å². The van der Waals surface area contributed by atoms with Crippen molar-refractivity contribution in [1.82, 2.24) is 9.97 Å². The smallest absolute Gasteiger partial charge is 0.312 e. The first-order chi connectivity index (χ1) is 14.9. The van der Waals surface area contributed by atoms with Gasteiger partial charge in [0.25, 0.3) is 5.91 Å². The summed E-state index contributed by atoms with van der Waals surface area (Å²) in [5.74, 6) is -3.13. The normalized spacial score (nSPS) is 11.5. The number of thiazole rings is 1. The number of aliphatic carboxylic acids is 2. The Kier molecular flexibility index (Phi) is 7.28. The van der Waals surface area contributed by atoms with E-state index in [0.29, 0.717) is 11.4 Å². The van der Waals surface area contributed by atoms with Crippen molar-refractivity contribution in [2.24, 2.45) is 0 Å². The number of nitrogens with zero attached hydrogens (tertiary/aromatic N) is 2. The summed E-state index contributed by atoms with van der Waals surface area (Å²) in [6, 6.07) is 14.2. The highest BCUT2D eigenvalue weighted by Crippen LogP contribution is 2.26. The van der Waals surface area contributed by atoms with Crippen LogP contribution >= 0.6 is 11.3 Å². The zero-order chi connectivity index (χ0) is 22.2. The van der Waals surface area contributed by atoms with E-state index in [-0.39, 0.29) is 36.0 Å². The summed E-state index contributed by atoms with van der Waals surface area (Å²) in [7, 11) is 0. The molecule has 0 aliphatic heterocycles. The van der Waals surface area contributed by atoms with Crippen molar-refractivity contribution in [3.8, 4) is 5.75 Å². The first-order valence-corrected chi connectivity index (χ1v) is 10.2. The Bertz CT molecular complexity index is 1070.